The normalized spacial score (nSPS) is 19.1. The van der Waals surface area contributed by atoms with Crippen LogP contribution in [0.4, 0.5) is 4.79 Å². The smallest absolute Gasteiger partial charge is 0.302 e. The first-order valence-electron chi connectivity index (χ1n) is 4.73. The lowest BCUT2D eigenvalue weighted by Gasteiger charge is -2.30. The van der Waals surface area contributed by atoms with Crippen LogP contribution in [0, 0.1) is 0 Å². The molecular weight excluding hydrogens is 154 g/mol. The number of carbonyl (C=O) groups excluding carboxylic acids is 1. The molecule has 0 saturated heterocycles. The van der Waals surface area contributed by atoms with E-state index < -0.39 is 6.09 Å². The van der Waals surface area contributed by atoms with Gasteiger partial charge in [0.05, 0.1) is 0 Å². The Hall–Kier alpha value is -0.730. The van der Waals surface area contributed by atoms with Gasteiger partial charge in [-0.05, 0) is 19.8 Å². The van der Waals surface area contributed by atoms with Crippen LogP contribution in [0.3, 0.4) is 0 Å². The Balaban J connectivity index is 2.46. The number of hydrogen-bond donors (Lipinski definition) is 0. The third-order valence-corrected chi connectivity index (χ3v) is 2.59. The highest BCUT2D eigenvalue weighted by Gasteiger charge is 2.24. The molecule has 3 heteroatoms. The summed E-state index contributed by atoms with van der Waals surface area (Å²) in [6, 6.07) is 0.230. The zero-order valence-corrected chi connectivity index (χ0v) is 7.58. The van der Waals surface area contributed by atoms with Crippen LogP contribution in [-0.4, -0.2) is 23.6 Å². The summed E-state index contributed by atoms with van der Waals surface area (Å²) in [5, 5.41) is 10.6. The molecule has 1 aliphatic rings. The van der Waals surface area contributed by atoms with Crippen molar-refractivity contribution in [1.29, 1.82) is 0 Å². The number of amides is 1. The summed E-state index contributed by atoms with van der Waals surface area (Å²) in [5.41, 5.74) is 0. The van der Waals surface area contributed by atoms with Gasteiger partial charge in [0.2, 0.25) is 0 Å². The first-order valence-corrected chi connectivity index (χ1v) is 4.73. The third-order valence-electron chi connectivity index (χ3n) is 2.59. The van der Waals surface area contributed by atoms with Gasteiger partial charge in [0, 0.05) is 12.6 Å². The first kappa shape index (κ1) is 9.36. The maximum Gasteiger partial charge on any atom is 0.453 e. The standard InChI is InChI=1S/C9H16NO2/c1-2-10(9(11)12)8-6-4-3-5-7-8/h8H,2-7H2,1H3. The van der Waals surface area contributed by atoms with Crippen molar-refractivity contribution in [3.63, 3.8) is 0 Å². The molecular formula is C9H16NO2. The molecule has 0 aromatic carbocycles. The van der Waals surface area contributed by atoms with Gasteiger partial charge in [-0.15, -0.1) is 0 Å². The van der Waals surface area contributed by atoms with E-state index in [-0.39, 0.29) is 6.04 Å². The predicted molar refractivity (Wildman–Crippen MR) is 45.3 cm³/mol. The molecule has 0 atom stereocenters. The maximum absolute atomic E-state index is 10.6. The highest BCUT2D eigenvalue weighted by atomic mass is 16.4. The van der Waals surface area contributed by atoms with Crippen LogP contribution >= 0.6 is 0 Å². The van der Waals surface area contributed by atoms with Gasteiger partial charge in [-0.2, -0.15) is 0 Å². The molecule has 1 amide bonds. The SMILES string of the molecule is CCN(C([O])=O)C1CCCCC1. The lowest BCUT2D eigenvalue weighted by atomic mass is 9.94. The molecule has 0 aromatic heterocycles. The van der Waals surface area contributed by atoms with Crippen LogP contribution in [0.2, 0.25) is 0 Å². The molecule has 1 radical (unpaired) electrons. The summed E-state index contributed by atoms with van der Waals surface area (Å²) >= 11 is 0. The molecule has 3 nitrogen and oxygen atoms in total. The summed E-state index contributed by atoms with van der Waals surface area (Å²) in [6.07, 6.45) is 4.59. The van der Waals surface area contributed by atoms with Crippen molar-refractivity contribution in [2.24, 2.45) is 0 Å². The monoisotopic (exact) mass is 170 g/mol. The van der Waals surface area contributed by atoms with E-state index in [4.69, 9.17) is 0 Å². The Morgan fingerprint density at radius 2 is 1.92 bits per heavy atom. The number of carbonyl (C=O) groups is 1. The van der Waals surface area contributed by atoms with E-state index in [1.807, 2.05) is 6.92 Å². The maximum atomic E-state index is 10.6. The van der Waals surface area contributed by atoms with Crippen molar-refractivity contribution in [2.75, 3.05) is 6.54 Å². The Morgan fingerprint density at radius 1 is 1.33 bits per heavy atom. The number of nitrogens with zero attached hydrogens (tertiary/aromatic N) is 1. The van der Waals surface area contributed by atoms with Gasteiger partial charge in [-0.3, -0.25) is 0 Å². The highest BCUT2D eigenvalue weighted by molar-refractivity contribution is 5.64. The highest BCUT2D eigenvalue weighted by Crippen LogP contribution is 2.22. The minimum Gasteiger partial charge on any atom is -0.302 e. The van der Waals surface area contributed by atoms with Crippen molar-refractivity contribution in [3.05, 3.63) is 0 Å². The molecule has 1 saturated carbocycles. The summed E-state index contributed by atoms with van der Waals surface area (Å²) in [5.74, 6) is 0. The fourth-order valence-corrected chi connectivity index (χ4v) is 1.93. The van der Waals surface area contributed by atoms with Crippen molar-refractivity contribution >= 4 is 6.09 Å². The molecule has 12 heavy (non-hydrogen) atoms. The van der Waals surface area contributed by atoms with E-state index in [2.05, 4.69) is 0 Å². The third kappa shape index (κ3) is 2.13. The topological polar surface area (TPSA) is 40.2 Å². The molecule has 0 aliphatic heterocycles. The Labute approximate surface area is 73.4 Å². The van der Waals surface area contributed by atoms with E-state index in [1.165, 1.54) is 11.3 Å². The summed E-state index contributed by atoms with van der Waals surface area (Å²) in [4.78, 5) is 12.1. The van der Waals surface area contributed by atoms with Crippen molar-refractivity contribution in [3.8, 4) is 0 Å². The zero-order chi connectivity index (χ0) is 8.97. The summed E-state index contributed by atoms with van der Waals surface area (Å²) in [6.45, 7) is 2.43. The Kier molecular flexibility index (Phi) is 3.38. The van der Waals surface area contributed by atoms with Crippen molar-refractivity contribution < 1.29 is 9.90 Å². The van der Waals surface area contributed by atoms with Crippen LogP contribution in [0.5, 0.6) is 0 Å². The Morgan fingerprint density at radius 3 is 2.33 bits per heavy atom. The molecule has 0 heterocycles. The summed E-state index contributed by atoms with van der Waals surface area (Å²) < 4.78 is 0. The molecule has 69 valence electrons. The summed E-state index contributed by atoms with van der Waals surface area (Å²) in [7, 11) is 0. The van der Waals surface area contributed by atoms with Gasteiger partial charge in [0.25, 0.3) is 0 Å². The quantitative estimate of drug-likeness (QED) is 0.626. The van der Waals surface area contributed by atoms with Gasteiger partial charge in [-0.1, -0.05) is 19.3 Å². The van der Waals surface area contributed by atoms with Gasteiger partial charge < -0.3 is 4.90 Å². The fraction of sp³-hybridized carbons (Fsp3) is 0.889. The van der Waals surface area contributed by atoms with Crippen LogP contribution in [0.1, 0.15) is 39.0 Å². The molecule has 1 rings (SSSR count). The second-order valence-corrected chi connectivity index (χ2v) is 3.34. The van der Waals surface area contributed by atoms with Crippen LogP contribution < -0.4 is 0 Å². The van der Waals surface area contributed by atoms with Crippen molar-refractivity contribution in [2.45, 2.75) is 45.1 Å². The van der Waals surface area contributed by atoms with E-state index in [0.717, 1.165) is 25.7 Å². The van der Waals surface area contributed by atoms with Crippen molar-refractivity contribution in [1.82, 2.24) is 4.90 Å². The lowest BCUT2D eigenvalue weighted by molar-refractivity contribution is 0.0928. The van der Waals surface area contributed by atoms with E-state index in [9.17, 15) is 9.90 Å². The second kappa shape index (κ2) is 4.33. The molecule has 0 spiro atoms. The molecule has 0 aromatic rings. The largest absolute Gasteiger partial charge is 0.453 e. The van der Waals surface area contributed by atoms with E-state index in [0.29, 0.717) is 6.54 Å². The minimum absolute atomic E-state index is 0.230. The molecule has 1 fully saturated rings. The second-order valence-electron chi connectivity index (χ2n) is 3.34. The first-order chi connectivity index (χ1) is 5.75. The molecule has 0 N–H and O–H groups in total. The lowest BCUT2D eigenvalue weighted by Crippen LogP contribution is -2.39. The number of rotatable bonds is 2. The van der Waals surface area contributed by atoms with Crippen LogP contribution in [0.15, 0.2) is 0 Å². The van der Waals surface area contributed by atoms with Gasteiger partial charge in [0.1, 0.15) is 0 Å². The average molecular weight is 170 g/mol. The predicted octanol–water partition coefficient (Wildman–Crippen LogP) is 2.19. The number of hydrogen-bond acceptors (Lipinski definition) is 1. The van der Waals surface area contributed by atoms with Crippen LogP contribution in [-0.2, 0) is 5.11 Å². The molecule has 0 bridgehead atoms. The molecule has 1 aliphatic carbocycles. The minimum atomic E-state index is -1.01. The van der Waals surface area contributed by atoms with E-state index in [1.54, 1.807) is 0 Å². The van der Waals surface area contributed by atoms with E-state index >= 15 is 0 Å². The van der Waals surface area contributed by atoms with Gasteiger partial charge >= 0.3 is 6.09 Å². The zero-order valence-electron chi connectivity index (χ0n) is 7.58. The van der Waals surface area contributed by atoms with Crippen LogP contribution in [0.25, 0.3) is 0 Å². The van der Waals surface area contributed by atoms with Gasteiger partial charge in [-0.25, -0.2) is 9.90 Å². The Bertz CT molecular complexity index is 153. The average Bonchev–Trinajstić information content (AvgIpc) is 2.07. The molecule has 0 unspecified atom stereocenters. The fourth-order valence-electron chi connectivity index (χ4n) is 1.93. The van der Waals surface area contributed by atoms with Gasteiger partial charge in [0.15, 0.2) is 0 Å².